The second-order valence-electron chi connectivity index (χ2n) is 23.9. The molecule has 2 atom stereocenters. The lowest BCUT2D eigenvalue weighted by molar-refractivity contribution is 0.581. The highest BCUT2D eigenvalue weighted by atomic mass is 79.9. The SMILES string of the molecule is CC1(Cc2ccc3c4cc(Br)c5c(c4n(-c4ccccc4)c3c2)-c2ccccc2[Si-]5(C)Cc2ccc3c4cc(Br)c5sc6ccccc6c5c4n(-c4ccccc4)c3c2)c2ccccc2-c2c1c(Br)cc1c3ccccc3n(-c3ccccc3)c21. The van der Waals surface area contributed by atoms with Gasteiger partial charge in [-0.25, -0.2) is 0 Å². The first-order chi connectivity index (χ1) is 41.7. The molecule has 405 valence electrons. The van der Waals surface area contributed by atoms with Crippen molar-refractivity contribution < 1.29 is 0 Å². The van der Waals surface area contributed by atoms with Crippen molar-refractivity contribution in [2.75, 3.05) is 0 Å². The summed E-state index contributed by atoms with van der Waals surface area (Å²) < 4.78 is 13.7. The first kappa shape index (κ1) is 50.3. The molecule has 4 aromatic heterocycles. The first-order valence-corrected chi connectivity index (χ1v) is 35.1. The van der Waals surface area contributed by atoms with Gasteiger partial charge in [0.25, 0.3) is 0 Å². The summed E-state index contributed by atoms with van der Waals surface area (Å²) in [5, 5.41) is 13.1. The fraction of sp³-hybridized carbons (Fsp3) is 0.0649. The zero-order valence-corrected chi connectivity index (χ0v) is 53.0. The van der Waals surface area contributed by atoms with Crippen molar-refractivity contribution in [3.63, 3.8) is 0 Å². The van der Waals surface area contributed by atoms with Gasteiger partial charge in [0.2, 0.25) is 0 Å². The van der Waals surface area contributed by atoms with Crippen molar-refractivity contribution in [3.05, 3.63) is 278 Å². The number of aromatic nitrogens is 3. The van der Waals surface area contributed by atoms with Gasteiger partial charge in [0.05, 0.1) is 37.8 Å². The van der Waals surface area contributed by atoms with Gasteiger partial charge in [0.1, 0.15) is 0 Å². The van der Waals surface area contributed by atoms with Crippen LogP contribution in [0, 0.1) is 0 Å². The Morgan fingerprint density at radius 2 is 0.929 bits per heavy atom. The van der Waals surface area contributed by atoms with Crippen LogP contribution in [-0.2, 0) is 17.9 Å². The van der Waals surface area contributed by atoms with Crippen molar-refractivity contribution in [1.82, 2.24) is 13.7 Å². The van der Waals surface area contributed by atoms with Crippen LogP contribution in [0.15, 0.2) is 256 Å². The van der Waals surface area contributed by atoms with E-state index in [2.05, 4.69) is 318 Å². The van der Waals surface area contributed by atoms with Crippen molar-refractivity contribution in [3.8, 4) is 39.3 Å². The molecular weight excluding hydrogens is 1270 g/mol. The van der Waals surface area contributed by atoms with Crippen molar-refractivity contribution in [2.45, 2.75) is 31.4 Å². The number of hydrogen-bond donors (Lipinski definition) is 0. The zero-order valence-electron chi connectivity index (χ0n) is 46.4. The minimum absolute atomic E-state index is 0.356. The van der Waals surface area contributed by atoms with Crippen LogP contribution >= 0.6 is 59.1 Å². The van der Waals surface area contributed by atoms with Crippen LogP contribution in [0.1, 0.15) is 29.2 Å². The molecule has 2 unspecified atom stereocenters. The van der Waals surface area contributed by atoms with E-state index in [1.54, 1.807) is 0 Å². The Bertz CT molecular complexity index is 5560. The van der Waals surface area contributed by atoms with E-state index >= 15 is 0 Å². The topological polar surface area (TPSA) is 14.8 Å². The molecule has 2 aliphatic rings. The third kappa shape index (κ3) is 6.97. The summed E-state index contributed by atoms with van der Waals surface area (Å²) in [6.07, 6.45) is 0.814. The van der Waals surface area contributed by atoms with Gasteiger partial charge < -0.3 is 13.7 Å². The first-order valence-electron chi connectivity index (χ1n) is 29.2. The molecule has 0 saturated carbocycles. The summed E-state index contributed by atoms with van der Waals surface area (Å²) in [6, 6.07) is 92.3. The lowest BCUT2D eigenvalue weighted by Crippen LogP contribution is -2.55. The average molecular weight is 1320 g/mol. The molecule has 0 saturated heterocycles. The molecule has 0 spiro atoms. The van der Waals surface area contributed by atoms with Crippen LogP contribution < -0.4 is 10.4 Å². The summed E-state index contributed by atoms with van der Waals surface area (Å²) in [6.45, 7) is 5.11. The second-order valence-corrected chi connectivity index (χ2v) is 31.6. The molecule has 18 rings (SSSR count). The Balaban J connectivity index is 0.827. The third-order valence-electron chi connectivity index (χ3n) is 19.2. The molecule has 5 heterocycles. The van der Waals surface area contributed by atoms with Crippen LogP contribution in [0.25, 0.3) is 125 Å². The van der Waals surface area contributed by atoms with Crippen molar-refractivity contribution in [1.29, 1.82) is 0 Å². The minimum atomic E-state index is -2.56. The quantitative estimate of drug-likeness (QED) is 0.141. The van der Waals surface area contributed by atoms with E-state index in [4.69, 9.17) is 0 Å². The van der Waals surface area contributed by atoms with E-state index in [-0.39, 0.29) is 5.41 Å². The largest absolute Gasteiger partial charge is 0.309 e. The van der Waals surface area contributed by atoms with Crippen molar-refractivity contribution >= 4 is 163 Å². The maximum Gasteiger partial charge on any atom is 0.0635 e. The smallest absolute Gasteiger partial charge is 0.0635 e. The van der Waals surface area contributed by atoms with E-state index in [9.17, 15) is 0 Å². The monoisotopic (exact) mass is 1310 g/mol. The highest BCUT2D eigenvalue weighted by Crippen LogP contribution is 2.57. The normalized spacial score (nSPS) is 16.2. The van der Waals surface area contributed by atoms with Gasteiger partial charge in [-0.15, -0.1) is 17.4 Å². The molecule has 8 heteroatoms. The van der Waals surface area contributed by atoms with Gasteiger partial charge in [-0.2, -0.15) is 16.9 Å². The molecule has 1 aliphatic heterocycles. The van der Waals surface area contributed by atoms with E-state index in [0.717, 1.165) is 27.1 Å². The summed E-state index contributed by atoms with van der Waals surface area (Å²) in [5.74, 6) is 0. The number of hydrogen-bond acceptors (Lipinski definition) is 1. The highest BCUT2D eigenvalue weighted by Gasteiger charge is 2.43. The van der Waals surface area contributed by atoms with Crippen LogP contribution in [-0.4, -0.2) is 21.8 Å². The molecule has 1 aliphatic carbocycles. The van der Waals surface area contributed by atoms with Gasteiger partial charge in [0.15, 0.2) is 0 Å². The molecular formula is C77H50Br3N3SSi-. The fourth-order valence-electron chi connectivity index (χ4n) is 15.9. The molecule has 0 amide bonds. The van der Waals surface area contributed by atoms with Crippen LogP contribution in [0.2, 0.25) is 6.55 Å². The summed E-state index contributed by atoms with van der Waals surface area (Å²) in [5.41, 5.74) is 21.3. The molecule has 85 heavy (non-hydrogen) atoms. The molecule has 0 bridgehead atoms. The van der Waals surface area contributed by atoms with Gasteiger partial charge in [-0.1, -0.05) is 216 Å². The number of fused-ring (bicyclic) bond motifs is 21. The fourth-order valence-corrected chi connectivity index (χ4v) is 24.6. The molecule has 0 fully saturated rings. The highest BCUT2D eigenvalue weighted by molar-refractivity contribution is 9.11. The lowest BCUT2D eigenvalue weighted by Gasteiger charge is -2.38. The van der Waals surface area contributed by atoms with Gasteiger partial charge in [-0.05, 0) is 139 Å². The molecule has 0 radical (unpaired) electrons. The Morgan fingerprint density at radius 1 is 0.424 bits per heavy atom. The van der Waals surface area contributed by atoms with E-state index in [1.165, 1.54) is 156 Å². The van der Waals surface area contributed by atoms with E-state index in [1.807, 2.05) is 11.3 Å². The van der Waals surface area contributed by atoms with Crippen LogP contribution in [0.4, 0.5) is 0 Å². The number of rotatable bonds is 7. The average Bonchev–Trinajstić information content (AvgIpc) is 1.79. The Labute approximate surface area is 521 Å². The van der Waals surface area contributed by atoms with Gasteiger partial charge in [0, 0.05) is 84.8 Å². The predicted octanol–water partition coefficient (Wildman–Crippen LogP) is 21.1. The standard InChI is InChI=1S/C77H50Br3N3SSi/c1-77(59-30-16-12-27-53(59)68-71(77)60(78)40-56-50-26-13-17-31-63(50)81(72(56)68)47-20-6-3-7-21-47)43-45-34-36-51-58-42-62(80)76-70(74(58)83(64(51)38-45)49-24-10-5-11-25-49)55-29-15-19-33-67(55)85(76,2)44-46-35-37-52-57-41-61(79)75-69(54-28-14-18-32-66(54)84-75)73(57)82(65(52)39-46)48-22-8-4-9-23-48/h3-42H,43-44H2,1-2H3/q-1. The van der Waals surface area contributed by atoms with Gasteiger partial charge in [-0.3, -0.25) is 0 Å². The van der Waals surface area contributed by atoms with E-state index < -0.39 is 8.07 Å². The molecule has 3 nitrogen and oxygen atoms in total. The molecule has 12 aromatic carbocycles. The maximum absolute atomic E-state index is 4.40. The lowest BCUT2D eigenvalue weighted by atomic mass is 9.75. The summed E-state index contributed by atoms with van der Waals surface area (Å²) in [7, 11) is -2.56. The zero-order chi connectivity index (χ0) is 56.6. The number of para-hydroxylation sites is 4. The van der Waals surface area contributed by atoms with Crippen molar-refractivity contribution in [2.24, 2.45) is 0 Å². The minimum Gasteiger partial charge on any atom is -0.309 e. The van der Waals surface area contributed by atoms with E-state index in [0.29, 0.717) is 0 Å². The number of nitrogens with zero attached hydrogens (tertiary/aromatic N) is 3. The summed E-state index contributed by atoms with van der Waals surface area (Å²) in [4.78, 5) is 0. The van der Waals surface area contributed by atoms with Gasteiger partial charge >= 0.3 is 0 Å². The third-order valence-corrected chi connectivity index (χ3v) is 27.3. The number of benzene rings is 12. The summed E-state index contributed by atoms with van der Waals surface area (Å²) >= 11 is 14.6. The molecule has 0 N–H and O–H groups in total. The Hall–Kier alpha value is -8.08. The Kier molecular flexibility index (Phi) is 10.9. The number of halogens is 3. The van der Waals surface area contributed by atoms with Crippen LogP contribution in [0.5, 0.6) is 0 Å². The predicted molar refractivity (Wildman–Crippen MR) is 374 cm³/mol. The molecule has 16 aromatic rings. The van der Waals surface area contributed by atoms with Crippen LogP contribution in [0.3, 0.4) is 0 Å². The maximum atomic E-state index is 4.40. The Morgan fingerprint density at radius 3 is 1.64 bits per heavy atom. The second kappa shape index (κ2) is 18.5. The number of thiophene rings is 1.